The molecule has 1 unspecified atom stereocenters. The van der Waals surface area contributed by atoms with Crippen molar-refractivity contribution in [2.75, 3.05) is 19.6 Å². The van der Waals surface area contributed by atoms with Crippen LogP contribution < -0.4 is 5.73 Å². The molecule has 0 spiro atoms. The smallest absolute Gasteiger partial charge is 0.0153 e. The van der Waals surface area contributed by atoms with Crippen LogP contribution in [-0.4, -0.2) is 30.1 Å². The summed E-state index contributed by atoms with van der Waals surface area (Å²) in [6.45, 7) is 12.8. The third kappa shape index (κ3) is 4.06. The third-order valence-electron chi connectivity index (χ3n) is 4.05. The number of likely N-dealkylation sites (tertiary alicyclic amines) is 1. The summed E-state index contributed by atoms with van der Waals surface area (Å²) in [6, 6.07) is 0. The average Bonchev–Trinajstić information content (AvgIpc) is 2.19. The lowest BCUT2D eigenvalue weighted by atomic mass is 9.83. The Morgan fingerprint density at radius 1 is 1.38 bits per heavy atom. The lowest BCUT2D eigenvalue weighted by molar-refractivity contribution is 0.0397. The van der Waals surface area contributed by atoms with E-state index in [0.29, 0.717) is 5.54 Å². The quantitative estimate of drug-likeness (QED) is 0.781. The van der Waals surface area contributed by atoms with Crippen molar-refractivity contribution in [2.45, 2.75) is 58.9 Å². The molecule has 0 radical (unpaired) electrons. The molecule has 2 nitrogen and oxygen atoms in total. The lowest BCUT2D eigenvalue weighted by Crippen LogP contribution is -2.51. The van der Waals surface area contributed by atoms with Gasteiger partial charge >= 0.3 is 0 Å². The van der Waals surface area contributed by atoms with Gasteiger partial charge in [0.15, 0.2) is 0 Å². The van der Waals surface area contributed by atoms with E-state index >= 15 is 0 Å². The molecule has 1 saturated heterocycles. The summed E-state index contributed by atoms with van der Waals surface area (Å²) < 4.78 is 0. The van der Waals surface area contributed by atoms with Crippen LogP contribution in [0.4, 0.5) is 0 Å². The Labute approximate surface area is 102 Å². The average molecular weight is 226 g/mol. The second-order valence-electron chi connectivity index (χ2n) is 6.42. The molecule has 0 aliphatic carbocycles. The third-order valence-corrected chi connectivity index (χ3v) is 4.05. The second kappa shape index (κ2) is 6.02. The largest absolute Gasteiger partial charge is 0.330 e. The molecule has 1 atom stereocenters. The van der Waals surface area contributed by atoms with Crippen molar-refractivity contribution in [1.29, 1.82) is 0 Å². The predicted octanol–water partition coefficient (Wildman–Crippen LogP) is 2.87. The molecule has 2 N–H and O–H groups in total. The topological polar surface area (TPSA) is 29.3 Å². The van der Waals surface area contributed by atoms with Crippen molar-refractivity contribution in [2.24, 2.45) is 17.6 Å². The zero-order chi connectivity index (χ0) is 12.2. The Balaban J connectivity index is 2.47. The fourth-order valence-corrected chi connectivity index (χ4v) is 2.64. The van der Waals surface area contributed by atoms with Crippen LogP contribution in [0.15, 0.2) is 0 Å². The lowest BCUT2D eigenvalue weighted by Gasteiger charge is -2.46. The molecule has 1 aliphatic heterocycles. The zero-order valence-electron chi connectivity index (χ0n) is 11.6. The molecular weight excluding hydrogens is 196 g/mol. The van der Waals surface area contributed by atoms with E-state index in [0.717, 1.165) is 18.4 Å². The SMILES string of the molecule is CC(C)CCN1CC(CCN)CCC1(C)C. The maximum Gasteiger partial charge on any atom is 0.0153 e. The van der Waals surface area contributed by atoms with Gasteiger partial charge in [-0.3, -0.25) is 4.90 Å². The van der Waals surface area contributed by atoms with Gasteiger partial charge in [-0.1, -0.05) is 13.8 Å². The van der Waals surface area contributed by atoms with Crippen LogP contribution >= 0.6 is 0 Å². The number of piperidine rings is 1. The number of hydrogen-bond acceptors (Lipinski definition) is 2. The van der Waals surface area contributed by atoms with Crippen molar-refractivity contribution in [3.05, 3.63) is 0 Å². The fourth-order valence-electron chi connectivity index (χ4n) is 2.64. The van der Waals surface area contributed by atoms with E-state index in [-0.39, 0.29) is 0 Å². The molecular formula is C14H30N2. The highest BCUT2D eigenvalue weighted by atomic mass is 15.2. The van der Waals surface area contributed by atoms with Gasteiger partial charge in [-0.15, -0.1) is 0 Å². The number of nitrogens with zero attached hydrogens (tertiary/aromatic N) is 1. The highest BCUT2D eigenvalue weighted by Gasteiger charge is 2.33. The summed E-state index contributed by atoms with van der Waals surface area (Å²) in [5.41, 5.74) is 6.08. The van der Waals surface area contributed by atoms with Gasteiger partial charge in [0.1, 0.15) is 0 Å². The Hall–Kier alpha value is -0.0800. The minimum Gasteiger partial charge on any atom is -0.330 e. The number of rotatable bonds is 5. The first kappa shape index (κ1) is 14.0. The molecule has 1 aliphatic rings. The Kier molecular flexibility index (Phi) is 5.26. The minimum atomic E-state index is 0.403. The summed E-state index contributed by atoms with van der Waals surface area (Å²) in [7, 11) is 0. The van der Waals surface area contributed by atoms with Gasteiger partial charge in [0.25, 0.3) is 0 Å². The molecule has 0 bridgehead atoms. The van der Waals surface area contributed by atoms with Crippen LogP contribution in [-0.2, 0) is 0 Å². The van der Waals surface area contributed by atoms with Crippen molar-refractivity contribution in [1.82, 2.24) is 4.90 Å². The molecule has 1 rings (SSSR count). The van der Waals surface area contributed by atoms with Gasteiger partial charge < -0.3 is 5.73 Å². The molecule has 96 valence electrons. The first-order chi connectivity index (χ1) is 7.45. The molecule has 16 heavy (non-hydrogen) atoms. The van der Waals surface area contributed by atoms with Crippen molar-refractivity contribution < 1.29 is 0 Å². The summed E-state index contributed by atoms with van der Waals surface area (Å²) in [5, 5.41) is 0. The predicted molar refractivity (Wildman–Crippen MR) is 71.5 cm³/mol. The zero-order valence-corrected chi connectivity index (χ0v) is 11.6. The second-order valence-corrected chi connectivity index (χ2v) is 6.42. The molecule has 0 amide bonds. The van der Waals surface area contributed by atoms with Gasteiger partial charge in [-0.2, -0.15) is 0 Å². The Bertz CT molecular complexity index is 199. The molecule has 0 aromatic rings. The van der Waals surface area contributed by atoms with Crippen LogP contribution in [0.25, 0.3) is 0 Å². The molecule has 0 aromatic carbocycles. The normalized spacial score (nSPS) is 26.2. The highest BCUT2D eigenvalue weighted by molar-refractivity contribution is 4.88. The van der Waals surface area contributed by atoms with Crippen molar-refractivity contribution in [3.63, 3.8) is 0 Å². The standard InChI is InChI=1S/C14H30N2/c1-12(2)7-10-16-11-13(6-9-15)5-8-14(16,3)4/h12-13H,5-11,15H2,1-4H3. The monoisotopic (exact) mass is 226 g/mol. The number of nitrogens with two attached hydrogens (primary N) is 1. The highest BCUT2D eigenvalue weighted by Crippen LogP contribution is 2.32. The Morgan fingerprint density at radius 3 is 2.62 bits per heavy atom. The first-order valence-corrected chi connectivity index (χ1v) is 6.91. The van der Waals surface area contributed by atoms with E-state index < -0.39 is 0 Å². The summed E-state index contributed by atoms with van der Waals surface area (Å²) in [4.78, 5) is 2.69. The van der Waals surface area contributed by atoms with Crippen LogP contribution in [0.3, 0.4) is 0 Å². The summed E-state index contributed by atoms with van der Waals surface area (Å²) in [6.07, 6.45) is 5.21. The van der Waals surface area contributed by atoms with Gasteiger partial charge in [-0.05, 0) is 64.5 Å². The molecule has 0 saturated carbocycles. The van der Waals surface area contributed by atoms with Gasteiger partial charge in [-0.25, -0.2) is 0 Å². The molecule has 1 fully saturated rings. The van der Waals surface area contributed by atoms with Crippen LogP contribution in [0.2, 0.25) is 0 Å². The molecule has 1 heterocycles. The minimum absolute atomic E-state index is 0.403. The number of hydrogen-bond donors (Lipinski definition) is 1. The van der Waals surface area contributed by atoms with Crippen LogP contribution in [0.1, 0.15) is 53.4 Å². The summed E-state index contributed by atoms with van der Waals surface area (Å²) in [5.74, 6) is 1.65. The van der Waals surface area contributed by atoms with E-state index in [1.165, 1.54) is 38.8 Å². The fraction of sp³-hybridized carbons (Fsp3) is 1.00. The maximum atomic E-state index is 5.68. The van der Waals surface area contributed by atoms with Gasteiger partial charge in [0.05, 0.1) is 0 Å². The van der Waals surface area contributed by atoms with E-state index in [1.807, 2.05) is 0 Å². The van der Waals surface area contributed by atoms with Crippen molar-refractivity contribution in [3.8, 4) is 0 Å². The van der Waals surface area contributed by atoms with E-state index in [2.05, 4.69) is 32.6 Å². The van der Waals surface area contributed by atoms with E-state index in [1.54, 1.807) is 0 Å². The summed E-state index contributed by atoms with van der Waals surface area (Å²) >= 11 is 0. The van der Waals surface area contributed by atoms with Gasteiger partial charge in [0, 0.05) is 12.1 Å². The molecule has 0 aromatic heterocycles. The van der Waals surface area contributed by atoms with E-state index in [4.69, 9.17) is 5.73 Å². The van der Waals surface area contributed by atoms with E-state index in [9.17, 15) is 0 Å². The van der Waals surface area contributed by atoms with Gasteiger partial charge in [0.2, 0.25) is 0 Å². The molecule has 2 heteroatoms. The van der Waals surface area contributed by atoms with Crippen LogP contribution in [0, 0.1) is 11.8 Å². The maximum absolute atomic E-state index is 5.68. The first-order valence-electron chi connectivity index (χ1n) is 6.91. The van der Waals surface area contributed by atoms with Crippen LogP contribution in [0.5, 0.6) is 0 Å². The Morgan fingerprint density at radius 2 is 2.06 bits per heavy atom. The van der Waals surface area contributed by atoms with Crippen molar-refractivity contribution >= 4 is 0 Å².